The molecule has 5 rings (SSSR count). The van der Waals surface area contributed by atoms with Gasteiger partial charge in [-0.1, -0.05) is 30.4 Å². The number of ether oxygens (including phenoxy) is 1. The van der Waals surface area contributed by atoms with Gasteiger partial charge in [0.2, 0.25) is 5.91 Å². The van der Waals surface area contributed by atoms with Crippen LogP contribution in [-0.4, -0.2) is 60.5 Å². The Bertz CT molecular complexity index is 1090. The molecule has 8 heteroatoms. The lowest BCUT2D eigenvalue weighted by Crippen LogP contribution is -2.52. The van der Waals surface area contributed by atoms with Crippen LogP contribution in [0.15, 0.2) is 48.5 Å². The van der Waals surface area contributed by atoms with Crippen LogP contribution in [0.4, 0.5) is 10.8 Å². The number of anilines is 2. The second kappa shape index (κ2) is 8.88. The van der Waals surface area contributed by atoms with Crippen molar-refractivity contribution in [2.24, 2.45) is 0 Å². The number of aromatic nitrogens is 1. The average Bonchev–Trinajstić information content (AvgIpc) is 3.39. The number of hydrogen-bond donors (Lipinski definition) is 0. The van der Waals surface area contributed by atoms with E-state index in [1.807, 2.05) is 30.3 Å². The summed E-state index contributed by atoms with van der Waals surface area (Å²) in [6, 6.07) is 15.0. The van der Waals surface area contributed by atoms with Gasteiger partial charge < -0.3 is 9.64 Å². The Labute approximate surface area is 191 Å². The van der Waals surface area contributed by atoms with E-state index in [-0.39, 0.29) is 18.2 Å². The summed E-state index contributed by atoms with van der Waals surface area (Å²) in [6.45, 7) is 5.75. The molecule has 7 nitrogen and oxygen atoms in total. The molecule has 2 saturated heterocycles. The lowest BCUT2D eigenvalue weighted by atomic mass is 10.2. The topological polar surface area (TPSA) is 66.0 Å². The van der Waals surface area contributed by atoms with Crippen LogP contribution in [0.2, 0.25) is 0 Å². The average molecular weight is 451 g/mol. The van der Waals surface area contributed by atoms with Crippen molar-refractivity contribution in [3.05, 3.63) is 48.5 Å². The molecule has 2 amide bonds. The summed E-state index contributed by atoms with van der Waals surface area (Å²) in [5.41, 5.74) is 1.63. The van der Waals surface area contributed by atoms with E-state index >= 15 is 0 Å². The van der Waals surface area contributed by atoms with Gasteiger partial charge in [-0.3, -0.25) is 14.5 Å². The summed E-state index contributed by atoms with van der Waals surface area (Å²) in [4.78, 5) is 36.4. The molecule has 2 aliphatic heterocycles. The molecule has 0 unspecified atom stereocenters. The number of nitrogens with zero attached hydrogens (tertiary/aromatic N) is 4. The predicted octanol–water partition coefficient (Wildman–Crippen LogP) is 3.54. The fourth-order valence-corrected chi connectivity index (χ4v) is 5.32. The molecule has 0 spiro atoms. The third-order valence-electron chi connectivity index (χ3n) is 6.00. The van der Waals surface area contributed by atoms with Gasteiger partial charge in [0.05, 0.1) is 35.0 Å². The zero-order valence-electron chi connectivity index (χ0n) is 18.1. The molecular formula is C24H26N4O3S. The first kappa shape index (κ1) is 20.9. The van der Waals surface area contributed by atoms with Crippen molar-refractivity contribution in [3.63, 3.8) is 0 Å². The summed E-state index contributed by atoms with van der Waals surface area (Å²) in [5, 5.41) is 1.02. The molecule has 2 aliphatic rings. The molecular weight excluding hydrogens is 424 g/mol. The smallest absolute Gasteiger partial charge is 0.251 e. The Morgan fingerprint density at radius 1 is 1.03 bits per heavy atom. The van der Waals surface area contributed by atoms with Crippen molar-refractivity contribution in [2.75, 3.05) is 42.6 Å². The number of imide groups is 1. The fourth-order valence-electron chi connectivity index (χ4n) is 4.30. The number of amides is 2. The number of rotatable bonds is 6. The van der Waals surface area contributed by atoms with Gasteiger partial charge in [-0.25, -0.2) is 9.88 Å². The number of carbonyl (C=O) groups is 2. The zero-order chi connectivity index (χ0) is 22.1. The molecule has 3 heterocycles. The predicted molar refractivity (Wildman–Crippen MR) is 127 cm³/mol. The highest BCUT2D eigenvalue weighted by atomic mass is 32.1. The summed E-state index contributed by atoms with van der Waals surface area (Å²) < 4.78 is 6.79. The van der Waals surface area contributed by atoms with Crippen molar-refractivity contribution >= 4 is 44.2 Å². The van der Waals surface area contributed by atoms with Crippen LogP contribution in [0.25, 0.3) is 10.2 Å². The number of thiazole rings is 1. The van der Waals surface area contributed by atoms with E-state index in [0.29, 0.717) is 12.3 Å². The highest BCUT2D eigenvalue weighted by Gasteiger charge is 2.43. The first-order chi connectivity index (χ1) is 15.6. The second-order valence-corrected chi connectivity index (χ2v) is 9.13. The normalized spacial score (nSPS) is 19.8. The summed E-state index contributed by atoms with van der Waals surface area (Å²) in [6.07, 6.45) is 1.16. The molecule has 3 aromatic rings. The second-order valence-electron chi connectivity index (χ2n) is 8.12. The Balaban J connectivity index is 1.23. The molecule has 2 aromatic carbocycles. The van der Waals surface area contributed by atoms with Crippen LogP contribution in [0.1, 0.15) is 19.8 Å². The van der Waals surface area contributed by atoms with E-state index < -0.39 is 6.04 Å². The van der Waals surface area contributed by atoms with Gasteiger partial charge in [-0.15, -0.1) is 0 Å². The van der Waals surface area contributed by atoms with Crippen LogP contribution >= 0.6 is 11.3 Å². The molecule has 0 aliphatic carbocycles. The molecule has 166 valence electrons. The number of fused-ring (bicyclic) bond motifs is 1. The van der Waals surface area contributed by atoms with Crippen LogP contribution in [-0.2, 0) is 9.59 Å². The third kappa shape index (κ3) is 3.96. The monoisotopic (exact) mass is 450 g/mol. The van der Waals surface area contributed by atoms with Crippen molar-refractivity contribution in [1.82, 2.24) is 9.88 Å². The maximum atomic E-state index is 13.1. The molecule has 0 N–H and O–H groups in total. The SMILES string of the molecule is CCCOc1ccc(N2C(=O)C[C@@H](N3CCN(c4nc5ccccc5s4)CC3)C2=O)cc1. The molecule has 2 fully saturated rings. The summed E-state index contributed by atoms with van der Waals surface area (Å²) in [5.74, 6) is 0.471. The van der Waals surface area contributed by atoms with Crippen molar-refractivity contribution in [3.8, 4) is 5.75 Å². The Hall–Kier alpha value is -2.97. The minimum absolute atomic E-state index is 0.134. The maximum absolute atomic E-state index is 13.1. The van der Waals surface area contributed by atoms with E-state index in [2.05, 4.69) is 22.8 Å². The van der Waals surface area contributed by atoms with E-state index in [0.717, 1.165) is 49.0 Å². The largest absolute Gasteiger partial charge is 0.494 e. The fraction of sp³-hybridized carbons (Fsp3) is 0.375. The van der Waals surface area contributed by atoms with Gasteiger partial charge in [0.1, 0.15) is 5.75 Å². The Kier molecular flexibility index (Phi) is 5.80. The lowest BCUT2D eigenvalue weighted by Gasteiger charge is -2.36. The number of benzene rings is 2. The third-order valence-corrected chi connectivity index (χ3v) is 7.10. The molecule has 0 radical (unpaired) electrons. The van der Waals surface area contributed by atoms with E-state index in [9.17, 15) is 9.59 Å². The van der Waals surface area contributed by atoms with E-state index in [1.54, 1.807) is 23.5 Å². The minimum atomic E-state index is -0.393. The molecule has 1 aromatic heterocycles. The number of para-hydroxylation sites is 1. The van der Waals surface area contributed by atoms with Crippen molar-refractivity contribution < 1.29 is 14.3 Å². The van der Waals surface area contributed by atoms with Crippen LogP contribution in [0.3, 0.4) is 0 Å². The van der Waals surface area contributed by atoms with Gasteiger partial charge >= 0.3 is 0 Å². The number of piperazine rings is 1. The molecule has 0 bridgehead atoms. The quantitative estimate of drug-likeness (QED) is 0.535. The number of carbonyl (C=O) groups excluding carboxylic acids is 2. The van der Waals surface area contributed by atoms with Crippen molar-refractivity contribution in [1.29, 1.82) is 0 Å². The van der Waals surface area contributed by atoms with E-state index in [4.69, 9.17) is 9.72 Å². The van der Waals surface area contributed by atoms with Gasteiger partial charge in [0, 0.05) is 26.2 Å². The van der Waals surface area contributed by atoms with Gasteiger partial charge in [-0.2, -0.15) is 0 Å². The first-order valence-corrected chi connectivity index (χ1v) is 11.9. The minimum Gasteiger partial charge on any atom is -0.494 e. The van der Waals surface area contributed by atoms with E-state index in [1.165, 1.54) is 9.60 Å². The summed E-state index contributed by atoms with van der Waals surface area (Å²) in [7, 11) is 0. The summed E-state index contributed by atoms with van der Waals surface area (Å²) >= 11 is 1.70. The number of hydrogen-bond acceptors (Lipinski definition) is 7. The van der Waals surface area contributed by atoms with Gasteiger partial charge in [0.25, 0.3) is 5.91 Å². The molecule has 32 heavy (non-hydrogen) atoms. The van der Waals surface area contributed by atoms with Crippen LogP contribution in [0.5, 0.6) is 5.75 Å². The van der Waals surface area contributed by atoms with Crippen LogP contribution in [0, 0.1) is 0 Å². The van der Waals surface area contributed by atoms with Crippen LogP contribution < -0.4 is 14.5 Å². The highest BCUT2D eigenvalue weighted by molar-refractivity contribution is 7.22. The first-order valence-electron chi connectivity index (χ1n) is 11.1. The lowest BCUT2D eigenvalue weighted by molar-refractivity contribution is -0.123. The molecule has 1 atom stereocenters. The highest BCUT2D eigenvalue weighted by Crippen LogP contribution is 2.31. The zero-order valence-corrected chi connectivity index (χ0v) is 18.9. The van der Waals surface area contributed by atoms with Gasteiger partial charge in [0.15, 0.2) is 5.13 Å². The van der Waals surface area contributed by atoms with Crippen molar-refractivity contribution in [2.45, 2.75) is 25.8 Å². The Morgan fingerprint density at radius 2 is 1.78 bits per heavy atom. The standard InChI is InChI=1S/C24H26N4O3S/c1-2-15-31-18-9-7-17(8-10-18)28-22(29)16-20(23(28)30)26-11-13-27(14-12-26)24-25-19-5-3-4-6-21(19)32-24/h3-10,20H,2,11-16H2,1H3/t20-/m1/s1. The maximum Gasteiger partial charge on any atom is 0.251 e. The van der Waals surface area contributed by atoms with Gasteiger partial charge in [-0.05, 0) is 42.8 Å². The molecule has 0 saturated carbocycles. The Morgan fingerprint density at radius 3 is 2.50 bits per heavy atom.